The number of furan rings is 1. The largest absolute Gasteiger partial charge is 0.455 e. The highest BCUT2D eigenvalue weighted by Crippen LogP contribution is 2.43. The second kappa shape index (κ2) is 9.73. The Balaban J connectivity index is 1.38. The molecule has 0 aliphatic carbocycles. The van der Waals surface area contributed by atoms with Crippen molar-refractivity contribution in [2.75, 3.05) is 16.7 Å². The average molecular weight is 505 g/mol. The molecule has 6 aromatic rings. The van der Waals surface area contributed by atoms with Crippen LogP contribution in [0.2, 0.25) is 0 Å². The summed E-state index contributed by atoms with van der Waals surface area (Å²) in [4.78, 5) is 6.85. The first-order chi connectivity index (χ1) is 19.3. The summed E-state index contributed by atoms with van der Waals surface area (Å²) >= 11 is 0. The zero-order valence-corrected chi connectivity index (χ0v) is 21.6. The van der Waals surface area contributed by atoms with Crippen LogP contribution in [0.1, 0.15) is 6.92 Å². The fourth-order valence-corrected chi connectivity index (χ4v) is 5.32. The summed E-state index contributed by atoms with van der Waals surface area (Å²) in [5.74, 6) is 0.939. The Hall–Kier alpha value is -4.97. The van der Waals surface area contributed by atoms with E-state index >= 15 is 0 Å². The summed E-state index contributed by atoms with van der Waals surface area (Å²) in [6.07, 6.45) is 12.1. The monoisotopic (exact) mass is 505 g/mol. The molecule has 1 radical (unpaired) electrons. The highest BCUT2D eigenvalue weighted by molar-refractivity contribution is 6.45. The number of nitrogens with zero attached hydrogens (tertiary/aromatic N) is 3. The van der Waals surface area contributed by atoms with Gasteiger partial charge in [0.15, 0.2) is 0 Å². The van der Waals surface area contributed by atoms with Crippen molar-refractivity contribution in [2.45, 2.75) is 6.92 Å². The normalized spacial score (nSPS) is 12.8. The van der Waals surface area contributed by atoms with E-state index in [1.54, 1.807) is 0 Å². The van der Waals surface area contributed by atoms with Crippen molar-refractivity contribution in [2.24, 2.45) is 0 Å². The molecule has 0 saturated carbocycles. The molecule has 4 aromatic carbocycles. The Labute approximate surface area is 228 Å². The minimum absolute atomic E-state index is 0.710. The fourth-order valence-electron chi connectivity index (χ4n) is 5.32. The van der Waals surface area contributed by atoms with Crippen molar-refractivity contribution in [3.63, 3.8) is 0 Å². The lowest BCUT2D eigenvalue weighted by Crippen LogP contribution is -2.33. The van der Waals surface area contributed by atoms with E-state index in [1.807, 2.05) is 43.6 Å². The number of aromatic nitrogens is 2. The molecule has 2 aromatic heterocycles. The Bertz CT molecular complexity index is 1880. The van der Waals surface area contributed by atoms with E-state index in [-0.39, 0.29) is 0 Å². The molecule has 1 aliphatic heterocycles. The third-order valence-corrected chi connectivity index (χ3v) is 7.14. The minimum Gasteiger partial charge on any atom is -0.455 e. The van der Waals surface area contributed by atoms with E-state index in [1.165, 1.54) is 0 Å². The van der Waals surface area contributed by atoms with Gasteiger partial charge in [0, 0.05) is 46.5 Å². The lowest BCUT2D eigenvalue weighted by molar-refractivity contribution is 0.670. The second-order valence-corrected chi connectivity index (χ2v) is 9.51. The smallest absolute Gasteiger partial charge is 0.402 e. The van der Waals surface area contributed by atoms with Crippen LogP contribution in [0.5, 0.6) is 0 Å². The maximum atomic E-state index is 6.38. The summed E-state index contributed by atoms with van der Waals surface area (Å²) in [7, 11) is 2.10. The number of hydrogen-bond donors (Lipinski definition) is 1. The molecule has 1 N–H and O–H groups in total. The van der Waals surface area contributed by atoms with Gasteiger partial charge in [-0.15, -0.1) is 0 Å². The highest BCUT2D eigenvalue weighted by Gasteiger charge is 2.27. The minimum atomic E-state index is 0.710. The fraction of sp³-hybridized carbons (Fsp3) is 0.0606. The summed E-state index contributed by atoms with van der Waals surface area (Å²) < 4.78 is 8.46. The topological polar surface area (TPSA) is 46.2 Å². The van der Waals surface area contributed by atoms with Gasteiger partial charge >= 0.3 is 7.55 Å². The Kier molecular flexibility index (Phi) is 5.78. The molecule has 0 bridgehead atoms. The number of benzene rings is 4. The first-order valence-corrected chi connectivity index (χ1v) is 13.1. The molecule has 0 fully saturated rings. The molecule has 1 aliphatic rings. The van der Waals surface area contributed by atoms with E-state index < -0.39 is 0 Å². The van der Waals surface area contributed by atoms with E-state index in [4.69, 9.17) is 4.42 Å². The van der Waals surface area contributed by atoms with Crippen LogP contribution >= 0.6 is 0 Å². The molecule has 0 spiro atoms. The van der Waals surface area contributed by atoms with E-state index in [0.717, 1.165) is 61.5 Å². The standard InChI is InChI=1S/C33H26BN4O/c1-2-3-4-9-19-35-28-18-17-23(24-13-10-14-26-25-11-6-8-16-31(25)39-32(24)26)22-30(28)38-29-15-7-5-12-27(29)33-36-20-21-37(33)34-38/h2-18,20-22,35H,19H2,1H3. The van der Waals surface area contributed by atoms with Gasteiger partial charge in [0.2, 0.25) is 0 Å². The molecule has 39 heavy (non-hydrogen) atoms. The highest BCUT2D eigenvalue weighted by atomic mass is 16.3. The van der Waals surface area contributed by atoms with Gasteiger partial charge in [-0.05, 0) is 42.8 Å². The van der Waals surface area contributed by atoms with Gasteiger partial charge in [-0.1, -0.05) is 78.9 Å². The van der Waals surface area contributed by atoms with Gasteiger partial charge in [0.1, 0.15) is 17.0 Å². The van der Waals surface area contributed by atoms with Gasteiger partial charge in [-0.3, -0.25) is 0 Å². The zero-order chi connectivity index (χ0) is 26.2. The van der Waals surface area contributed by atoms with Crippen molar-refractivity contribution in [3.05, 3.63) is 122 Å². The van der Waals surface area contributed by atoms with Gasteiger partial charge in [0.05, 0.1) is 11.4 Å². The summed E-state index contributed by atoms with van der Waals surface area (Å²) in [6, 6.07) is 29.6. The lowest BCUT2D eigenvalue weighted by Gasteiger charge is -2.33. The molecule has 0 unspecified atom stereocenters. The Morgan fingerprint density at radius 1 is 0.872 bits per heavy atom. The number of para-hydroxylation sites is 3. The number of nitrogens with one attached hydrogen (secondary N) is 1. The van der Waals surface area contributed by atoms with Gasteiger partial charge in [-0.2, -0.15) is 0 Å². The summed E-state index contributed by atoms with van der Waals surface area (Å²) in [5.41, 5.74) is 8.22. The SMILES string of the molecule is CC=CC=CCNc1ccc(-c2cccc3c2oc2ccccc23)cc1N1[B]n2ccnc2-c2ccccc21. The van der Waals surface area contributed by atoms with Crippen LogP contribution in [0.3, 0.4) is 0 Å². The van der Waals surface area contributed by atoms with Gasteiger partial charge in [0.25, 0.3) is 0 Å². The number of rotatable bonds is 6. The molecular weight excluding hydrogens is 479 g/mol. The molecule has 5 nitrogen and oxygen atoms in total. The molecular formula is C33H26BN4O. The van der Waals surface area contributed by atoms with Crippen LogP contribution in [0.4, 0.5) is 17.1 Å². The van der Waals surface area contributed by atoms with Crippen LogP contribution in [0, 0.1) is 0 Å². The maximum absolute atomic E-state index is 6.38. The molecule has 6 heteroatoms. The molecule has 0 saturated heterocycles. The molecule has 3 heterocycles. The van der Waals surface area contributed by atoms with Gasteiger partial charge < -0.3 is 19.0 Å². The van der Waals surface area contributed by atoms with Crippen molar-refractivity contribution < 1.29 is 4.42 Å². The van der Waals surface area contributed by atoms with Gasteiger partial charge in [-0.25, -0.2) is 4.98 Å². The van der Waals surface area contributed by atoms with Crippen LogP contribution in [0.15, 0.2) is 126 Å². The van der Waals surface area contributed by atoms with Crippen molar-refractivity contribution >= 4 is 46.6 Å². The maximum Gasteiger partial charge on any atom is 0.402 e. The molecule has 0 atom stereocenters. The van der Waals surface area contributed by atoms with Crippen LogP contribution in [-0.2, 0) is 0 Å². The van der Waals surface area contributed by atoms with Crippen molar-refractivity contribution in [1.82, 2.24) is 9.46 Å². The average Bonchev–Trinajstić information content (AvgIpc) is 3.62. The first-order valence-electron chi connectivity index (χ1n) is 13.1. The summed E-state index contributed by atoms with van der Waals surface area (Å²) in [6.45, 7) is 2.73. The van der Waals surface area contributed by atoms with E-state index in [9.17, 15) is 0 Å². The van der Waals surface area contributed by atoms with Crippen LogP contribution in [0.25, 0.3) is 44.5 Å². The predicted octanol–water partition coefficient (Wildman–Crippen LogP) is 8.19. The number of fused-ring (bicyclic) bond motifs is 6. The van der Waals surface area contributed by atoms with E-state index in [2.05, 4.69) is 112 Å². The van der Waals surface area contributed by atoms with Crippen molar-refractivity contribution in [3.8, 4) is 22.5 Å². The number of anilines is 3. The second-order valence-electron chi connectivity index (χ2n) is 9.51. The quantitative estimate of drug-likeness (QED) is 0.183. The number of allylic oxidation sites excluding steroid dienone is 3. The first kappa shape index (κ1) is 23.2. The van der Waals surface area contributed by atoms with Crippen LogP contribution < -0.4 is 10.1 Å². The molecule has 0 amide bonds. The zero-order valence-electron chi connectivity index (χ0n) is 21.6. The van der Waals surface area contributed by atoms with Crippen molar-refractivity contribution in [1.29, 1.82) is 0 Å². The van der Waals surface area contributed by atoms with E-state index in [0.29, 0.717) is 6.54 Å². The molecule has 7 rings (SSSR count). The molecule has 187 valence electrons. The third-order valence-electron chi connectivity index (χ3n) is 7.14. The van der Waals surface area contributed by atoms with Crippen LogP contribution in [-0.4, -0.2) is 23.6 Å². The number of imidazole rings is 1. The lowest BCUT2D eigenvalue weighted by atomic mass is 9.93. The predicted molar refractivity (Wildman–Crippen MR) is 163 cm³/mol. The summed E-state index contributed by atoms with van der Waals surface area (Å²) in [5, 5.41) is 5.88. The Morgan fingerprint density at radius 2 is 1.72 bits per heavy atom. The third kappa shape index (κ3) is 4.01. The number of hydrogen-bond acceptors (Lipinski definition) is 4. The Morgan fingerprint density at radius 3 is 2.67 bits per heavy atom.